The predicted octanol–water partition coefficient (Wildman–Crippen LogP) is 17.8. The molecule has 0 amide bonds. The smallest absolute Gasteiger partial charge is 0.0714 e. The molecule has 0 saturated heterocycles. The first-order chi connectivity index (χ1) is 35.5. The zero-order valence-electron chi connectivity index (χ0n) is 41.2. The van der Waals surface area contributed by atoms with Gasteiger partial charge in [-0.3, -0.25) is 0 Å². The van der Waals surface area contributed by atoms with Crippen LogP contribution in [-0.4, -0.2) is 0 Å². The van der Waals surface area contributed by atoms with Crippen molar-refractivity contribution >= 4 is 16.9 Å². The number of rotatable bonds is 8. The highest BCUT2D eigenvalue weighted by molar-refractivity contribution is 5.94. The fourth-order valence-corrected chi connectivity index (χ4v) is 14.2. The van der Waals surface area contributed by atoms with Crippen LogP contribution in [0.2, 0.25) is 0 Å². The predicted molar refractivity (Wildman–Crippen MR) is 300 cm³/mol. The van der Waals surface area contributed by atoms with Gasteiger partial charge < -0.3 is 4.90 Å². The normalized spacial score (nSPS) is 18.1. The van der Waals surface area contributed by atoms with Crippen LogP contribution in [0, 0.1) is 0 Å². The molecule has 6 aliphatic rings. The Balaban J connectivity index is 1.08. The van der Waals surface area contributed by atoms with Gasteiger partial charge in [0.1, 0.15) is 0 Å². The molecule has 14 rings (SSSR count). The molecule has 0 N–H and O–H groups in total. The molecular weight excluding hydrogens is 867 g/mol. The maximum absolute atomic E-state index is 2.73. The van der Waals surface area contributed by atoms with Gasteiger partial charge in [-0.05, 0) is 163 Å². The van der Waals surface area contributed by atoms with Crippen molar-refractivity contribution in [1.82, 2.24) is 0 Å². The molecular formula is C71H57N. The quantitative estimate of drug-likeness (QED) is 0.147. The number of fused-ring (bicyclic) bond motifs is 7. The van der Waals surface area contributed by atoms with Crippen molar-refractivity contribution in [2.24, 2.45) is 0 Å². The third-order valence-corrected chi connectivity index (χ3v) is 17.3. The van der Waals surface area contributed by atoms with Crippen LogP contribution < -0.4 is 4.90 Å². The third kappa shape index (κ3) is 6.07. The molecule has 0 aromatic heterocycles. The van der Waals surface area contributed by atoms with E-state index in [0.717, 1.165) is 38.5 Å². The van der Waals surface area contributed by atoms with Crippen LogP contribution in [-0.2, 0) is 16.2 Å². The number of nitrogens with zero attached hydrogens (tertiary/aromatic N) is 1. The van der Waals surface area contributed by atoms with Gasteiger partial charge in [0.25, 0.3) is 0 Å². The minimum Gasteiger partial charge on any atom is -0.314 e. The van der Waals surface area contributed by atoms with E-state index in [1.807, 2.05) is 0 Å². The molecule has 0 unspecified atom stereocenters. The Morgan fingerprint density at radius 3 is 1.64 bits per heavy atom. The molecule has 0 fully saturated rings. The first-order valence-electron chi connectivity index (χ1n) is 26.2. The number of benzene rings is 8. The van der Waals surface area contributed by atoms with E-state index in [1.54, 1.807) is 5.57 Å². The van der Waals surface area contributed by atoms with Gasteiger partial charge >= 0.3 is 0 Å². The van der Waals surface area contributed by atoms with Gasteiger partial charge in [-0.1, -0.05) is 220 Å². The zero-order valence-corrected chi connectivity index (χ0v) is 41.2. The topological polar surface area (TPSA) is 3.24 Å². The molecule has 72 heavy (non-hydrogen) atoms. The highest BCUT2D eigenvalue weighted by Crippen LogP contribution is 2.62. The van der Waals surface area contributed by atoms with Crippen LogP contribution in [0.1, 0.15) is 102 Å². The van der Waals surface area contributed by atoms with Crippen molar-refractivity contribution in [3.63, 3.8) is 0 Å². The molecule has 8 aromatic carbocycles. The van der Waals surface area contributed by atoms with E-state index in [2.05, 4.69) is 255 Å². The van der Waals surface area contributed by atoms with E-state index in [-0.39, 0.29) is 5.41 Å². The Bertz CT molecular complexity index is 3610. The van der Waals surface area contributed by atoms with E-state index in [4.69, 9.17) is 0 Å². The lowest BCUT2D eigenvalue weighted by atomic mass is 9.64. The number of hydrogen-bond acceptors (Lipinski definition) is 1. The van der Waals surface area contributed by atoms with Crippen LogP contribution >= 0.6 is 0 Å². The number of hydrogen-bond donors (Lipinski definition) is 0. The fourth-order valence-electron chi connectivity index (χ4n) is 14.2. The summed E-state index contributed by atoms with van der Waals surface area (Å²) in [4.78, 5) is 2.73. The molecule has 0 heterocycles. The summed E-state index contributed by atoms with van der Waals surface area (Å²) in [5.41, 5.74) is 27.2. The molecule has 6 aliphatic carbocycles. The van der Waals surface area contributed by atoms with Gasteiger partial charge in [-0.2, -0.15) is 0 Å². The SMILES string of the molecule is CC1(C)c2ccccc2-c2cc(C3=CC=CCC3)c(N(C3=CC4=C(CC3)C3=C(CCC=C3)C4(c3ccccc3)c3ccccc3)c3ccc4c(c3)C(c3ccccc3)(c3ccccc3)c3ccccc3-4)cc21. The van der Waals surface area contributed by atoms with Crippen LogP contribution in [0.4, 0.5) is 11.4 Å². The summed E-state index contributed by atoms with van der Waals surface area (Å²) < 4.78 is 0. The minimum absolute atomic E-state index is 0.186. The lowest BCUT2D eigenvalue weighted by Gasteiger charge is -2.40. The molecule has 346 valence electrons. The standard InChI is InChI=1S/C71H57N/c1-69(2)62-37-21-18-36-57(62)61-46-60(48-24-8-3-9-25-48)68(47-65(61)69)72(53-40-42-58-55-34-19-22-38-63(55)70(66(58)44-53,49-26-10-4-11-27-49)50-28-12-5-13-29-50)54-41-43-59-56-35-20-23-39-64(56)71(67(59)45-54,51-30-14-6-15-31-51)52-32-16-7-17-33-52/h3-8,10-22,24,26-38,40,42,44-47H,9,23,25,39,41,43H2,1-2H3. The summed E-state index contributed by atoms with van der Waals surface area (Å²) >= 11 is 0. The largest absolute Gasteiger partial charge is 0.314 e. The summed E-state index contributed by atoms with van der Waals surface area (Å²) in [6, 6.07) is 76.4. The lowest BCUT2D eigenvalue weighted by molar-refractivity contribution is 0.660. The molecule has 0 spiro atoms. The lowest BCUT2D eigenvalue weighted by Crippen LogP contribution is -2.32. The van der Waals surface area contributed by atoms with Crippen molar-refractivity contribution in [2.45, 2.75) is 68.6 Å². The average Bonchev–Trinajstić information content (AvgIpc) is 4.01. The van der Waals surface area contributed by atoms with Gasteiger partial charge in [0, 0.05) is 22.4 Å². The van der Waals surface area contributed by atoms with E-state index in [0.29, 0.717) is 0 Å². The van der Waals surface area contributed by atoms with Crippen LogP contribution in [0.25, 0.3) is 27.8 Å². The van der Waals surface area contributed by atoms with Crippen LogP contribution in [0.15, 0.2) is 265 Å². The molecule has 0 atom stereocenters. The summed E-state index contributed by atoms with van der Waals surface area (Å²) in [5.74, 6) is 0. The van der Waals surface area contributed by atoms with E-state index in [1.165, 1.54) is 112 Å². The Labute approximate surface area is 425 Å². The van der Waals surface area contributed by atoms with Crippen molar-refractivity contribution < 1.29 is 0 Å². The monoisotopic (exact) mass is 923 g/mol. The summed E-state index contributed by atoms with van der Waals surface area (Å²) in [6.45, 7) is 4.87. The van der Waals surface area contributed by atoms with Crippen molar-refractivity contribution in [1.29, 1.82) is 0 Å². The van der Waals surface area contributed by atoms with Gasteiger partial charge in [0.05, 0.1) is 16.5 Å². The van der Waals surface area contributed by atoms with Gasteiger partial charge in [-0.15, -0.1) is 0 Å². The Morgan fingerprint density at radius 1 is 0.431 bits per heavy atom. The summed E-state index contributed by atoms with van der Waals surface area (Å²) in [7, 11) is 0. The summed E-state index contributed by atoms with van der Waals surface area (Å²) in [5, 5.41) is 0. The maximum atomic E-state index is 2.73. The van der Waals surface area contributed by atoms with Crippen molar-refractivity contribution in [2.75, 3.05) is 4.90 Å². The second-order valence-electron chi connectivity index (χ2n) is 21.2. The molecule has 8 aromatic rings. The molecule has 1 nitrogen and oxygen atoms in total. The molecule has 0 aliphatic heterocycles. The minimum atomic E-state index is -0.537. The van der Waals surface area contributed by atoms with Crippen molar-refractivity contribution in [3.05, 3.63) is 315 Å². The molecule has 1 heteroatoms. The van der Waals surface area contributed by atoms with E-state index >= 15 is 0 Å². The molecule has 0 saturated carbocycles. The van der Waals surface area contributed by atoms with E-state index in [9.17, 15) is 0 Å². The van der Waals surface area contributed by atoms with Gasteiger partial charge in [0.15, 0.2) is 0 Å². The highest BCUT2D eigenvalue weighted by atomic mass is 15.2. The number of allylic oxidation sites excluding steroid dienone is 12. The molecule has 0 radical (unpaired) electrons. The van der Waals surface area contributed by atoms with Crippen LogP contribution in [0.3, 0.4) is 0 Å². The Morgan fingerprint density at radius 2 is 1.00 bits per heavy atom. The second kappa shape index (κ2) is 16.5. The maximum Gasteiger partial charge on any atom is 0.0714 e. The highest BCUT2D eigenvalue weighted by Gasteiger charge is 2.50. The van der Waals surface area contributed by atoms with Crippen molar-refractivity contribution in [3.8, 4) is 22.3 Å². The Kier molecular flexibility index (Phi) is 9.84. The first kappa shape index (κ1) is 42.8. The second-order valence-corrected chi connectivity index (χ2v) is 21.2. The average molecular weight is 924 g/mol. The van der Waals surface area contributed by atoms with Gasteiger partial charge in [0.2, 0.25) is 0 Å². The zero-order chi connectivity index (χ0) is 48.0. The van der Waals surface area contributed by atoms with Crippen LogP contribution in [0.5, 0.6) is 0 Å². The first-order valence-corrected chi connectivity index (χ1v) is 26.2. The summed E-state index contributed by atoms with van der Waals surface area (Å²) in [6.07, 6.45) is 20.5. The number of anilines is 2. The van der Waals surface area contributed by atoms with E-state index < -0.39 is 10.8 Å². The van der Waals surface area contributed by atoms with Gasteiger partial charge in [-0.25, -0.2) is 0 Å². The third-order valence-electron chi connectivity index (χ3n) is 17.3. The fraction of sp³-hybridized carbons (Fsp3) is 0.155. The Hall–Kier alpha value is -8.00. The molecule has 0 bridgehead atoms.